The third-order valence-corrected chi connectivity index (χ3v) is 23.2. The highest BCUT2D eigenvalue weighted by molar-refractivity contribution is 7.91. The molecule has 2 aliphatic heterocycles. The molecule has 0 atom stereocenters. The quantitative estimate of drug-likeness (QED) is 0.0214. The van der Waals surface area contributed by atoms with Crippen molar-refractivity contribution in [1.29, 1.82) is 0 Å². The number of amides is 1. The molecule has 34 nitrogen and oxygen atoms in total. The van der Waals surface area contributed by atoms with Crippen molar-refractivity contribution in [3.05, 3.63) is 107 Å². The largest absolute Gasteiger partial charge is 0.344 e. The third-order valence-electron chi connectivity index (χ3n) is 14.2. The van der Waals surface area contributed by atoms with Crippen molar-refractivity contribution in [3.8, 4) is 0 Å². The zero-order valence-corrected chi connectivity index (χ0v) is 54.6. The second-order valence-corrected chi connectivity index (χ2v) is 35.4. The summed E-state index contributed by atoms with van der Waals surface area (Å²) in [6.45, 7) is 4.51. The number of benzene rings is 4. The molecule has 4 aromatic carbocycles. The summed E-state index contributed by atoms with van der Waals surface area (Å²) in [5.74, 6) is -2.90. The Morgan fingerprint density at radius 2 is 1.12 bits per heavy atom. The van der Waals surface area contributed by atoms with Gasteiger partial charge in [-0.1, -0.05) is 31.3 Å². The number of sulfonamides is 1. The second kappa shape index (κ2) is 23.5. The smallest absolute Gasteiger partial charge is 0.295 e. The van der Waals surface area contributed by atoms with Crippen LogP contribution < -0.4 is 15.4 Å². The summed E-state index contributed by atoms with van der Waals surface area (Å²) < 4.78 is 311. The lowest BCUT2D eigenvalue weighted by atomic mass is 9.79. The van der Waals surface area contributed by atoms with Gasteiger partial charge in [0.2, 0.25) is 15.2 Å². The van der Waals surface area contributed by atoms with Crippen LogP contribution in [0.5, 0.6) is 0 Å². The highest BCUT2D eigenvalue weighted by Crippen LogP contribution is 2.54. The molecule has 0 aliphatic carbocycles. The van der Waals surface area contributed by atoms with E-state index < -0.39 is 200 Å². The van der Waals surface area contributed by atoms with E-state index in [-0.39, 0.29) is 68.0 Å². The van der Waals surface area contributed by atoms with E-state index in [1.807, 2.05) is 0 Å². The van der Waals surface area contributed by atoms with Gasteiger partial charge in [0.05, 0.1) is 38.0 Å². The minimum absolute atomic E-state index is 0.0586. The van der Waals surface area contributed by atoms with Crippen LogP contribution >= 0.6 is 11.3 Å². The van der Waals surface area contributed by atoms with E-state index in [1.54, 1.807) is 0 Å². The van der Waals surface area contributed by atoms with Crippen LogP contribution in [0.15, 0.2) is 118 Å². The first-order chi connectivity index (χ1) is 41.2. The molecule has 0 radical (unpaired) electrons. The van der Waals surface area contributed by atoms with E-state index >= 15 is 0 Å². The lowest BCUT2D eigenvalue weighted by Crippen LogP contribution is -2.28. The fourth-order valence-electron chi connectivity index (χ4n) is 10.6. The van der Waals surface area contributed by atoms with Crippen LogP contribution in [0.2, 0.25) is 0 Å². The molecular formula is C47H48N7O27S10+. The van der Waals surface area contributed by atoms with Gasteiger partial charge in [-0.05, 0) is 91.2 Å². The molecule has 0 spiro atoms. The monoisotopic (exact) mass is 1460 g/mol. The van der Waals surface area contributed by atoms with Gasteiger partial charge in [-0.15, -0.1) is 10.2 Å². The normalized spacial score (nSPS) is 16.6. The fourth-order valence-corrected chi connectivity index (χ4v) is 17.3. The Balaban J connectivity index is 1.45. The van der Waals surface area contributed by atoms with Gasteiger partial charge < -0.3 is 4.90 Å². The van der Waals surface area contributed by atoms with Crippen LogP contribution in [0.3, 0.4) is 0 Å². The molecule has 1 amide bonds. The SMILES string of the molecule is CC1(C)C(=CC=C(C=CC2=[N+](CCCS(=O)(=O)O)c3cc(S(=O)(=O)O)c4c(S(=O)(=O)O)cc(S(=O)(=O)O)cc4c3C2(C)C)c2ccc(C(=O)Nc3nnc(S(N)(=O)=O)s3)cn2)N(CCCS(=O)(=O)O)c2cc(S(=O)(=O)O)c3c(S(=O)(=O)O)cc(S(=O)(=O)O)cc3c21. The molecule has 44 heteroatoms. The van der Waals surface area contributed by atoms with Crippen molar-refractivity contribution >= 4 is 158 Å². The topological polar surface area (TPSA) is 569 Å². The van der Waals surface area contributed by atoms with Crippen LogP contribution in [-0.2, 0) is 102 Å². The van der Waals surface area contributed by atoms with Crippen molar-refractivity contribution in [1.82, 2.24) is 15.2 Å². The number of aromatic nitrogens is 3. The summed E-state index contributed by atoms with van der Waals surface area (Å²) >= 11 is 0.380. The predicted octanol–water partition coefficient (Wildman–Crippen LogP) is 2.87. The van der Waals surface area contributed by atoms with Crippen molar-refractivity contribution < 1.29 is 122 Å². The van der Waals surface area contributed by atoms with Crippen LogP contribution in [-0.4, -0.2) is 168 Å². The van der Waals surface area contributed by atoms with Crippen LogP contribution in [0.25, 0.3) is 27.1 Å². The molecule has 91 heavy (non-hydrogen) atoms. The number of hydrogen-bond donors (Lipinski definition) is 10. The summed E-state index contributed by atoms with van der Waals surface area (Å²) in [5.41, 5.74) is -5.15. The van der Waals surface area contributed by atoms with Gasteiger partial charge in [-0.3, -0.25) is 51.5 Å². The Labute approximate surface area is 522 Å². The van der Waals surface area contributed by atoms with E-state index in [2.05, 4.69) is 20.5 Å². The molecular weight excluding hydrogens is 1420 g/mol. The van der Waals surface area contributed by atoms with Crippen molar-refractivity contribution in [2.45, 2.75) is 85.1 Å². The van der Waals surface area contributed by atoms with Crippen molar-refractivity contribution in [3.63, 3.8) is 0 Å². The van der Waals surface area contributed by atoms with Crippen LogP contribution in [0.4, 0.5) is 16.5 Å². The molecule has 2 aromatic heterocycles. The van der Waals surface area contributed by atoms with Gasteiger partial charge in [0.15, 0.2) is 5.71 Å². The molecule has 4 heterocycles. The van der Waals surface area contributed by atoms with E-state index in [9.17, 15) is 117 Å². The molecule has 11 N–H and O–H groups in total. The molecule has 0 bridgehead atoms. The number of nitrogens with one attached hydrogen (secondary N) is 1. The molecule has 492 valence electrons. The number of nitrogens with two attached hydrogens (primary N) is 1. The summed E-state index contributed by atoms with van der Waals surface area (Å²) in [7, 11) is -47.4. The highest BCUT2D eigenvalue weighted by atomic mass is 32.3. The zero-order chi connectivity index (χ0) is 68.3. The average Bonchev–Trinajstić information content (AvgIpc) is 1.58. The Morgan fingerprint density at radius 3 is 1.58 bits per heavy atom. The molecule has 8 rings (SSSR count). The maximum absolute atomic E-state index is 13.5. The van der Waals surface area contributed by atoms with Gasteiger partial charge in [-0.2, -0.15) is 71.9 Å². The summed E-state index contributed by atoms with van der Waals surface area (Å²) in [6, 6.07) is 5.46. The number of fused-ring (bicyclic) bond motifs is 6. The Bertz CT molecular complexity index is 5410. The first-order valence-corrected chi connectivity index (χ1v) is 39.2. The molecule has 0 fully saturated rings. The Kier molecular flexibility index (Phi) is 18.1. The fraction of sp³-hybridized carbons (Fsp3) is 0.255. The summed E-state index contributed by atoms with van der Waals surface area (Å²) in [5, 5.41) is 10.8. The minimum Gasteiger partial charge on any atom is -0.344 e. The number of nitrogens with zero attached hydrogens (tertiary/aromatic N) is 5. The van der Waals surface area contributed by atoms with Gasteiger partial charge in [0.25, 0.3) is 96.9 Å². The summed E-state index contributed by atoms with van der Waals surface area (Å²) in [4.78, 5) is 11.3. The second-order valence-electron chi connectivity index (χ2n) is 21.1. The van der Waals surface area contributed by atoms with Crippen LogP contribution in [0.1, 0.15) is 67.7 Å². The van der Waals surface area contributed by atoms with E-state index in [0.29, 0.717) is 35.6 Å². The van der Waals surface area contributed by atoms with E-state index in [4.69, 9.17) is 5.14 Å². The number of anilines is 2. The van der Waals surface area contributed by atoms with Gasteiger partial charge in [0, 0.05) is 70.0 Å². The number of pyridine rings is 1. The van der Waals surface area contributed by atoms with Crippen molar-refractivity contribution in [2.75, 3.05) is 34.8 Å². The number of allylic oxidation sites excluding steroid dienone is 6. The number of carbonyl (C=O) groups excluding carboxylic acids is 1. The van der Waals surface area contributed by atoms with Crippen molar-refractivity contribution in [2.24, 2.45) is 5.14 Å². The maximum atomic E-state index is 13.5. The minimum atomic E-state index is -5.68. The molecule has 0 saturated heterocycles. The van der Waals surface area contributed by atoms with Gasteiger partial charge in [-0.25, -0.2) is 13.6 Å². The maximum Gasteiger partial charge on any atom is 0.295 e. The zero-order valence-electron chi connectivity index (χ0n) is 46.5. The number of carbonyl (C=O) groups is 1. The Hall–Kier alpha value is -6.54. The molecule has 0 saturated carbocycles. The number of hydrogen-bond acceptors (Lipinski definition) is 24. The first-order valence-electron chi connectivity index (χ1n) is 25.0. The first kappa shape index (κ1) is 70.3. The summed E-state index contributed by atoms with van der Waals surface area (Å²) in [6.07, 6.45) is 4.95. The van der Waals surface area contributed by atoms with Gasteiger partial charge >= 0.3 is 0 Å². The molecule has 2 aliphatic rings. The lowest BCUT2D eigenvalue weighted by Gasteiger charge is -2.27. The van der Waals surface area contributed by atoms with Crippen LogP contribution in [0, 0.1) is 0 Å². The molecule has 6 aromatic rings. The Morgan fingerprint density at radius 1 is 0.626 bits per heavy atom. The highest BCUT2D eigenvalue weighted by Gasteiger charge is 2.49. The van der Waals surface area contributed by atoms with Gasteiger partial charge in [0.1, 0.15) is 26.1 Å². The van der Waals surface area contributed by atoms with E-state index in [0.717, 1.165) is 6.20 Å². The molecule has 0 unspecified atom stereocenters. The average molecular weight is 1460 g/mol. The lowest BCUT2D eigenvalue weighted by molar-refractivity contribution is -0.437. The number of rotatable bonds is 21. The number of primary sulfonamides is 1. The predicted molar refractivity (Wildman–Crippen MR) is 321 cm³/mol. The van der Waals surface area contributed by atoms with E-state index in [1.165, 1.54) is 73.6 Å². The third kappa shape index (κ3) is 14.6. The standard InChI is InChI=1S/C47H47N7O27S10/c1-46(2)37(53(13-5-15-83(56,57)58)31-21-35(90(76,77)78)39-28(41(31)46)17-26(86(64,65)66)19-33(39)88(70,71)72)11-8-24(30-10-7-25(23-49-30)43(55)50-44-51-52-45(82-44)85(48,62)63)9-12-38-47(3,4)42-29-18-27(87(67,68)69)20-34(89(73,74)75)40(29)36(91(79,80)81)22-32(42)54(38)14-6-16-84(59,60)61/h7-12,17-23H,5-6,13-16H2,1-4H3,(H10-,48,50,51,55,56,57,58,59,60,61,62,63,64,65,66,67,68,69,70,71,72,73,74,75,76,77,78,79,80,81)/p+1.